The van der Waals surface area contributed by atoms with Crippen LogP contribution in [0.5, 0.6) is 0 Å². The Balaban J connectivity index is 1.31. The van der Waals surface area contributed by atoms with Crippen molar-refractivity contribution in [3.63, 3.8) is 0 Å². The number of carbonyl (C=O) groups is 1. The quantitative estimate of drug-likeness (QED) is 0.384. The van der Waals surface area contributed by atoms with E-state index in [4.69, 9.17) is 10.7 Å². The number of anilines is 1. The van der Waals surface area contributed by atoms with E-state index in [2.05, 4.69) is 15.1 Å². The maximum Gasteiger partial charge on any atom is 0.248 e. The molecular weight excluding hydrogens is 473 g/mol. The Bertz CT molecular complexity index is 1500. The number of fused-ring (bicyclic) bond motifs is 3. The molecule has 2 bridgehead atoms. The maximum atomic E-state index is 15.1. The highest BCUT2D eigenvalue weighted by atomic mass is 19.1. The molecule has 37 heavy (non-hydrogen) atoms. The Morgan fingerprint density at radius 3 is 2.57 bits per heavy atom. The van der Waals surface area contributed by atoms with Crippen LogP contribution in [0.2, 0.25) is 0 Å². The highest BCUT2D eigenvalue weighted by Gasteiger charge is 2.45. The van der Waals surface area contributed by atoms with Gasteiger partial charge in [0, 0.05) is 41.5 Å². The smallest absolute Gasteiger partial charge is 0.248 e. The average Bonchev–Trinajstić information content (AvgIpc) is 3.29. The topological polar surface area (TPSA) is 125 Å². The number of aromatic nitrogens is 5. The number of hydrogen-bond donors (Lipinski definition) is 3. The number of rotatable bonds is 5. The van der Waals surface area contributed by atoms with E-state index in [1.807, 2.05) is 11.0 Å². The van der Waals surface area contributed by atoms with Gasteiger partial charge in [0.1, 0.15) is 24.1 Å². The molecule has 0 spiro atoms. The molecule has 3 atom stereocenters. The number of aliphatic hydroxyl groups is 1. The summed E-state index contributed by atoms with van der Waals surface area (Å²) < 4.78 is 16.8. The minimum Gasteiger partial charge on any atom is -0.387 e. The summed E-state index contributed by atoms with van der Waals surface area (Å²) in [5, 5.41) is 14.0. The lowest BCUT2D eigenvalue weighted by molar-refractivity contribution is -0.138. The van der Waals surface area contributed by atoms with Gasteiger partial charge in [-0.1, -0.05) is 6.07 Å². The SMILES string of the molecule is Nc1c(C2CC2)c([C@H]2C[C@H]3CC[C@@H](C2)N3C(=O)CO)nc2c(-c3ccc(-c4ncc[nH]4)c(F)c3)cnn12. The molecule has 9 nitrogen and oxygen atoms in total. The second-order valence-corrected chi connectivity index (χ2v) is 10.5. The number of nitrogens with zero attached hydrogens (tertiary/aromatic N) is 5. The number of aromatic amines is 1. The second kappa shape index (κ2) is 8.37. The first-order valence-electron chi connectivity index (χ1n) is 12.9. The van der Waals surface area contributed by atoms with Gasteiger partial charge in [0.2, 0.25) is 5.91 Å². The van der Waals surface area contributed by atoms with Crippen LogP contribution in [0.15, 0.2) is 36.8 Å². The molecule has 1 saturated carbocycles. The molecule has 2 saturated heterocycles. The Kier molecular flexibility index (Phi) is 5.07. The Morgan fingerprint density at radius 2 is 1.92 bits per heavy atom. The van der Waals surface area contributed by atoms with Crippen LogP contribution < -0.4 is 5.73 Å². The van der Waals surface area contributed by atoms with E-state index < -0.39 is 6.61 Å². The van der Waals surface area contributed by atoms with Crippen LogP contribution in [0.3, 0.4) is 0 Å². The number of halogens is 1. The number of aliphatic hydroxyl groups excluding tert-OH is 1. The molecule has 3 aromatic heterocycles. The molecule has 1 amide bonds. The Hall–Kier alpha value is -3.79. The lowest BCUT2D eigenvalue weighted by atomic mass is 9.85. The fourth-order valence-electron chi connectivity index (χ4n) is 6.53. The first kappa shape index (κ1) is 22.4. The molecule has 7 rings (SSSR count). The van der Waals surface area contributed by atoms with Crippen molar-refractivity contribution in [1.82, 2.24) is 29.5 Å². The first-order valence-corrected chi connectivity index (χ1v) is 12.9. The average molecular weight is 502 g/mol. The predicted molar refractivity (Wildman–Crippen MR) is 135 cm³/mol. The van der Waals surface area contributed by atoms with Crippen molar-refractivity contribution in [3.8, 4) is 22.5 Å². The van der Waals surface area contributed by atoms with Crippen LogP contribution in [0, 0.1) is 5.82 Å². The van der Waals surface area contributed by atoms with Crippen LogP contribution in [0.1, 0.15) is 61.6 Å². The van der Waals surface area contributed by atoms with Crippen molar-refractivity contribution in [1.29, 1.82) is 0 Å². The third-order valence-corrected chi connectivity index (χ3v) is 8.31. The van der Waals surface area contributed by atoms with E-state index in [1.54, 1.807) is 29.2 Å². The Morgan fingerprint density at radius 1 is 1.14 bits per heavy atom. The summed E-state index contributed by atoms with van der Waals surface area (Å²) >= 11 is 0. The number of nitrogen functional groups attached to an aromatic ring is 1. The highest BCUT2D eigenvalue weighted by molar-refractivity contribution is 5.80. The summed E-state index contributed by atoms with van der Waals surface area (Å²) in [6.07, 6.45) is 10.6. The number of H-pyrrole nitrogens is 1. The minimum absolute atomic E-state index is 0.113. The molecular formula is C27H28FN7O2. The largest absolute Gasteiger partial charge is 0.387 e. The summed E-state index contributed by atoms with van der Waals surface area (Å²) in [5.41, 5.74) is 11.2. The molecule has 1 aromatic carbocycles. The van der Waals surface area contributed by atoms with Crippen LogP contribution in [0.25, 0.3) is 28.2 Å². The standard InChI is InChI=1S/C27H28FN7O2/c28-21-11-15(3-6-19(21)26-30-7-8-31-26)20-12-32-35-25(29)23(14-1-2-14)24(33-27(20)35)16-9-17-4-5-18(10-16)34(17)22(37)13-36/h3,6-8,11-12,14,16-18,36H,1-2,4-5,9-10,13,29H2,(H,30,31)/t16-,17+,18-. The monoisotopic (exact) mass is 501 g/mol. The summed E-state index contributed by atoms with van der Waals surface area (Å²) in [6.45, 7) is -0.448. The van der Waals surface area contributed by atoms with Gasteiger partial charge in [-0.3, -0.25) is 4.79 Å². The number of piperidine rings is 1. The van der Waals surface area contributed by atoms with Crippen molar-refractivity contribution in [2.75, 3.05) is 12.3 Å². The highest BCUT2D eigenvalue weighted by Crippen LogP contribution is 2.50. The van der Waals surface area contributed by atoms with Gasteiger partial charge in [0.05, 0.1) is 17.5 Å². The predicted octanol–water partition coefficient (Wildman–Crippen LogP) is 3.61. The van der Waals surface area contributed by atoms with Crippen molar-refractivity contribution in [2.24, 2.45) is 0 Å². The molecule has 5 heterocycles. The zero-order chi connectivity index (χ0) is 25.3. The van der Waals surface area contributed by atoms with Crippen LogP contribution >= 0.6 is 0 Å². The molecule has 1 aliphatic carbocycles. The van der Waals surface area contributed by atoms with E-state index in [0.717, 1.165) is 55.3 Å². The molecule has 4 N–H and O–H groups in total. The number of hydrogen-bond acceptors (Lipinski definition) is 6. The number of nitrogens with two attached hydrogens (primary N) is 1. The number of carbonyl (C=O) groups excluding carboxylic acids is 1. The fourth-order valence-corrected chi connectivity index (χ4v) is 6.53. The molecule has 4 aromatic rings. The molecule has 2 aliphatic heterocycles. The van der Waals surface area contributed by atoms with Gasteiger partial charge in [-0.15, -0.1) is 0 Å². The van der Waals surface area contributed by atoms with E-state index in [9.17, 15) is 9.90 Å². The first-order chi connectivity index (χ1) is 18.0. The van der Waals surface area contributed by atoms with E-state index in [0.29, 0.717) is 34.3 Å². The van der Waals surface area contributed by atoms with E-state index in [-0.39, 0.29) is 29.7 Å². The normalized spacial score (nSPS) is 23.2. The summed E-state index contributed by atoms with van der Waals surface area (Å²) in [7, 11) is 0. The van der Waals surface area contributed by atoms with Crippen molar-refractivity contribution in [2.45, 2.75) is 62.4 Å². The van der Waals surface area contributed by atoms with Crippen LogP contribution in [0.4, 0.5) is 10.2 Å². The number of benzene rings is 1. The lowest BCUT2D eigenvalue weighted by Gasteiger charge is -2.39. The van der Waals surface area contributed by atoms with Crippen molar-refractivity contribution in [3.05, 3.63) is 53.9 Å². The van der Waals surface area contributed by atoms with Crippen molar-refractivity contribution >= 4 is 17.4 Å². The van der Waals surface area contributed by atoms with Gasteiger partial charge < -0.3 is 20.7 Å². The maximum absolute atomic E-state index is 15.1. The van der Waals surface area contributed by atoms with Gasteiger partial charge in [-0.05, 0) is 62.1 Å². The van der Waals surface area contributed by atoms with Crippen LogP contribution in [-0.2, 0) is 4.79 Å². The Labute approximate surface area is 212 Å². The zero-order valence-corrected chi connectivity index (χ0v) is 20.3. The number of nitrogens with one attached hydrogen (secondary N) is 1. The fraction of sp³-hybridized carbons (Fsp3) is 0.407. The van der Waals surface area contributed by atoms with Crippen molar-refractivity contribution < 1.29 is 14.3 Å². The third-order valence-electron chi connectivity index (χ3n) is 8.31. The van der Waals surface area contributed by atoms with Gasteiger partial charge in [0.15, 0.2) is 5.65 Å². The summed E-state index contributed by atoms with van der Waals surface area (Å²) in [5.74, 6) is 1.05. The number of amides is 1. The van der Waals surface area contributed by atoms with Gasteiger partial charge >= 0.3 is 0 Å². The van der Waals surface area contributed by atoms with Gasteiger partial charge in [0.25, 0.3) is 0 Å². The minimum atomic E-state index is -0.448. The second-order valence-electron chi connectivity index (χ2n) is 10.5. The molecule has 3 aliphatic rings. The molecule has 0 radical (unpaired) electrons. The molecule has 0 unspecified atom stereocenters. The summed E-state index contributed by atoms with van der Waals surface area (Å²) in [6, 6.07) is 5.27. The van der Waals surface area contributed by atoms with Gasteiger partial charge in [-0.25, -0.2) is 14.4 Å². The molecule has 3 fully saturated rings. The third kappa shape index (κ3) is 3.53. The van der Waals surface area contributed by atoms with E-state index in [1.165, 1.54) is 6.07 Å². The lowest BCUT2D eigenvalue weighted by Crippen LogP contribution is -2.47. The molecule has 190 valence electrons. The van der Waals surface area contributed by atoms with Gasteiger partial charge in [-0.2, -0.15) is 9.61 Å². The summed E-state index contributed by atoms with van der Waals surface area (Å²) in [4.78, 5) is 26.5. The zero-order valence-electron chi connectivity index (χ0n) is 20.3. The van der Waals surface area contributed by atoms with E-state index >= 15 is 4.39 Å². The number of imidazole rings is 1. The molecule has 10 heteroatoms. The van der Waals surface area contributed by atoms with Crippen LogP contribution in [-0.4, -0.2) is 59.2 Å².